The van der Waals surface area contributed by atoms with Gasteiger partial charge in [-0.15, -0.1) is 22.7 Å². The molecule has 6 nitrogen and oxygen atoms in total. The number of carbonyl (C=O) groups excluding carboxylic acids is 2. The highest BCUT2D eigenvalue weighted by molar-refractivity contribution is 9.10. The minimum absolute atomic E-state index is 0.200. The Morgan fingerprint density at radius 2 is 1.33 bits per heavy atom. The van der Waals surface area contributed by atoms with E-state index >= 15 is 0 Å². The van der Waals surface area contributed by atoms with Crippen LogP contribution in [0.2, 0.25) is 0 Å². The van der Waals surface area contributed by atoms with E-state index < -0.39 is 23.2 Å². The number of ether oxygens (including phenoxy) is 1. The molecular weight excluding hydrogens is 760 g/mol. The van der Waals surface area contributed by atoms with Gasteiger partial charge in [-0.3, -0.25) is 4.79 Å². The second-order valence-electron chi connectivity index (χ2n) is 10.7. The van der Waals surface area contributed by atoms with Gasteiger partial charge >= 0.3 is 5.97 Å². The van der Waals surface area contributed by atoms with Gasteiger partial charge in [0.25, 0.3) is 5.91 Å². The molecule has 2 aromatic heterocycles. The van der Waals surface area contributed by atoms with Crippen LogP contribution in [-0.2, 0) is 30.4 Å². The number of benzene rings is 3. The molecular formula is C34H27Br2F2N3O3S2. The number of esters is 1. The van der Waals surface area contributed by atoms with Gasteiger partial charge in [0, 0.05) is 8.95 Å². The maximum absolute atomic E-state index is 13.8. The second-order valence-corrected chi connectivity index (χ2v) is 14.5. The lowest BCUT2D eigenvalue weighted by molar-refractivity contribution is 0.0525. The fourth-order valence-electron chi connectivity index (χ4n) is 5.47. The summed E-state index contributed by atoms with van der Waals surface area (Å²) in [6.07, 6.45) is 5.69. The summed E-state index contributed by atoms with van der Waals surface area (Å²) in [5.41, 5.74) is 6.21. The van der Waals surface area contributed by atoms with Crippen molar-refractivity contribution in [1.29, 1.82) is 0 Å². The van der Waals surface area contributed by atoms with Crippen molar-refractivity contribution < 1.29 is 23.1 Å². The van der Waals surface area contributed by atoms with E-state index in [2.05, 4.69) is 71.4 Å². The predicted molar refractivity (Wildman–Crippen MR) is 185 cm³/mol. The summed E-state index contributed by atoms with van der Waals surface area (Å²) >= 11 is 9.70. The Morgan fingerprint density at radius 3 is 1.87 bits per heavy atom. The molecule has 0 spiro atoms. The molecule has 0 unspecified atom stereocenters. The molecule has 2 heterocycles. The Bertz CT molecular complexity index is 1940. The summed E-state index contributed by atoms with van der Waals surface area (Å²) in [5.74, 6) is -2.55. The number of carbonyl (C=O) groups is 2. The zero-order valence-electron chi connectivity index (χ0n) is 24.6. The lowest BCUT2D eigenvalue weighted by Crippen LogP contribution is -2.14. The van der Waals surface area contributed by atoms with Crippen LogP contribution >= 0.6 is 54.5 Å². The maximum atomic E-state index is 13.8. The van der Waals surface area contributed by atoms with Crippen LogP contribution in [0.25, 0.3) is 20.9 Å². The number of anilines is 1. The van der Waals surface area contributed by atoms with E-state index in [4.69, 9.17) is 4.74 Å². The van der Waals surface area contributed by atoms with E-state index in [9.17, 15) is 18.4 Å². The monoisotopic (exact) mass is 785 g/mol. The van der Waals surface area contributed by atoms with Crippen molar-refractivity contribution in [3.63, 3.8) is 0 Å². The Labute approximate surface area is 289 Å². The Balaban J connectivity index is 0.000000167. The number of aromatic nitrogens is 2. The molecule has 0 fully saturated rings. The smallest absolute Gasteiger partial charge is 0.367 e. The summed E-state index contributed by atoms with van der Waals surface area (Å²) in [4.78, 5) is 35.3. The van der Waals surface area contributed by atoms with Crippen molar-refractivity contribution in [2.45, 2.75) is 45.4 Å². The SMILES string of the molecule is CCOC(=O)c1nc2c(s1)-c1cc(Br)ccc1CCC2.O=C(Nc1c(F)cccc1F)c1nc2c(s1)-c1cc(Br)ccc1CCC2. The van der Waals surface area contributed by atoms with E-state index in [1.165, 1.54) is 45.4 Å². The number of nitrogens with zero attached hydrogens (tertiary/aromatic N) is 2. The van der Waals surface area contributed by atoms with Gasteiger partial charge in [0.05, 0.1) is 27.7 Å². The van der Waals surface area contributed by atoms with E-state index in [1.54, 1.807) is 0 Å². The van der Waals surface area contributed by atoms with Gasteiger partial charge in [-0.1, -0.05) is 50.1 Å². The van der Waals surface area contributed by atoms with Crippen molar-refractivity contribution in [3.05, 3.63) is 108 Å². The predicted octanol–water partition coefficient (Wildman–Crippen LogP) is 9.83. The lowest BCUT2D eigenvalue weighted by Gasteiger charge is -2.06. The molecule has 7 rings (SSSR count). The molecule has 12 heteroatoms. The molecule has 0 radical (unpaired) electrons. The average Bonchev–Trinajstić information content (AvgIpc) is 3.57. The zero-order valence-corrected chi connectivity index (χ0v) is 29.4. The number of rotatable bonds is 4. The molecule has 3 aromatic carbocycles. The van der Waals surface area contributed by atoms with Gasteiger partial charge in [0.1, 0.15) is 17.3 Å². The molecule has 0 aliphatic heterocycles. The summed E-state index contributed by atoms with van der Waals surface area (Å²) in [6.45, 7) is 2.19. The molecule has 0 atom stereocenters. The molecule has 1 amide bonds. The first-order valence-electron chi connectivity index (χ1n) is 14.7. The number of halogens is 4. The molecule has 46 heavy (non-hydrogen) atoms. The molecule has 0 saturated heterocycles. The molecule has 5 aromatic rings. The highest BCUT2D eigenvalue weighted by Gasteiger charge is 2.24. The van der Waals surface area contributed by atoms with E-state index in [0.717, 1.165) is 86.3 Å². The van der Waals surface area contributed by atoms with Crippen LogP contribution in [0.15, 0.2) is 63.5 Å². The highest BCUT2D eigenvalue weighted by atomic mass is 79.9. The van der Waals surface area contributed by atoms with Crippen molar-refractivity contribution in [2.75, 3.05) is 11.9 Å². The fourth-order valence-corrected chi connectivity index (χ4v) is 8.31. The van der Waals surface area contributed by atoms with Gasteiger partial charge in [-0.25, -0.2) is 23.5 Å². The van der Waals surface area contributed by atoms with Crippen LogP contribution in [0, 0.1) is 11.6 Å². The number of para-hydroxylation sites is 1. The topological polar surface area (TPSA) is 81.2 Å². The number of aryl methyl sites for hydroxylation is 4. The van der Waals surface area contributed by atoms with Crippen molar-refractivity contribution in [3.8, 4) is 20.9 Å². The largest absolute Gasteiger partial charge is 0.461 e. The van der Waals surface area contributed by atoms with Crippen LogP contribution in [0.1, 0.15) is 61.9 Å². The van der Waals surface area contributed by atoms with E-state index in [1.807, 2.05) is 19.1 Å². The first kappa shape index (κ1) is 32.6. The number of nitrogens with one attached hydrogen (secondary N) is 1. The maximum Gasteiger partial charge on any atom is 0.367 e. The van der Waals surface area contributed by atoms with Crippen LogP contribution in [0.3, 0.4) is 0 Å². The summed E-state index contributed by atoms with van der Waals surface area (Å²) in [6, 6.07) is 15.9. The standard InChI is InChI=1S/C19H13BrF2N2OS.C15H14BrNO2S/c20-11-8-7-10-3-1-6-15-17(12(10)9-11)26-19(23-15)18(25)24-16-13(21)4-2-5-14(16)22;1-2-19-15(18)14-17-12-5-3-4-9-6-7-10(16)8-11(9)13(12)20-14/h2,4-5,7-9H,1,3,6H2,(H,24,25);6-8H,2-5H2,1H3. The Kier molecular flexibility index (Phi) is 10.1. The van der Waals surface area contributed by atoms with Crippen LogP contribution in [0.5, 0.6) is 0 Å². The Morgan fingerprint density at radius 1 is 0.804 bits per heavy atom. The minimum Gasteiger partial charge on any atom is -0.461 e. The van der Waals surface area contributed by atoms with E-state index in [0.29, 0.717) is 11.6 Å². The van der Waals surface area contributed by atoms with Gasteiger partial charge in [-0.2, -0.15) is 0 Å². The number of hydrogen-bond acceptors (Lipinski definition) is 7. The highest BCUT2D eigenvalue weighted by Crippen LogP contribution is 2.40. The minimum atomic E-state index is -0.814. The molecule has 0 saturated carbocycles. The number of amides is 1. The zero-order chi connectivity index (χ0) is 32.4. The third-order valence-corrected chi connectivity index (χ3v) is 10.8. The quantitative estimate of drug-likeness (QED) is 0.184. The van der Waals surface area contributed by atoms with Crippen LogP contribution in [0.4, 0.5) is 14.5 Å². The van der Waals surface area contributed by atoms with Crippen molar-refractivity contribution in [1.82, 2.24) is 9.97 Å². The third kappa shape index (κ3) is 7.00. The van der Waals surface area contributed by atoms with Gasteiger partial charge in [0.15, 0.2) is 5.01 Å². The first-order valence-corrected chi connectivity index (χ1v) is 17.9. The first-order chi connectivity index (χ1) is 22.2. The van der Waals surface area contributed by atoms with Gasteiger partial charge in [-0.05, 0) is 104 Å². The summed E-state index contributed by atoms with van der Waals surface area (Å²) in [7, 11) is 0. The molecule has 2 aliphatic rings. The Hall–Kier alpha value is -3.32. The number of thiazole rings is 2. The second kappa shape index (κ2) is 14.2. The fraction of sp³-hybridized carbons (Fsp3) is 0.235. The summed E-state index contributed by atoms with van der Waals surface area (Å²) in [5, 5.41) is 2.97. The number of hydrogen-bond donors (Lipinski definition) is 1. The van der Waals surface area contributed by atoms with Crippen LogP contribution < -0.4 is 5.32 Å². The third-order valence-electron chi connectivity index (χ3n) is 7.59. The van der Waals surface area contributed by atoms with Gasteiger partial charge in [0.2, 0.25) is 5.01 Å². The molecule has 2 aliphatic carbocycles. The number of fused-ring (bicyclic) bond motifs is 6. The van der Waals surface area contributed by atoms with Crippen molar-refractivity contribution in [2.24, 2.45) is 0 Å². The summed E-state index contributed by atoms with van der Waals surface area (Å²) < 4.78 is 34.6. The van der Waals surface area contributed by atoms with Gasteiger partial charge < -0.3 is 10.1 Å². The molecule has 0 bridgehead atoms. The van der Waals surface area contributed by atoms with Crippen molar-refractivity contribution >= 4 is 72.1 Å². The van der Waals surface area contributed by atoms with Crippen LogP contribution in [-0.4, -0.2) is 28.5 Å². The lowest BCUT2D eigenvalue weighted by atomic mass is 10.0. The van der Waals surface area contributed by atoms with E-state index in [-0.39, 0.29) is 11.0 Å². The molecule has 236 valence electrons. The normalized spacial score (nSPS) is 13.1. The molecule has 1 N–H and O–H groups in total. The average molecular weight is 788 g/mol.